The first-order valence-corrected chi connectivity index (χ1v) is 6.00. The molecule has 0 aromatic heterocycles. The smallest absolute Gasteiger partial charge is 0.0623 e. The number of halogens is 2. The van der Waals surface area contributed by atoms with Gasteiger partial charge in [0.15, 0.2) is 0 Å². The molecule has 114 valence electrons. The lowest BCUT2D eigenvalue weighted by Gasteiger charge is -1.69. The Balaban J connectivity index is -0.000000216. The van der Waals surface area contributed by atoms with E-state index in [0.717, 1.165) is 0 Å². The van der Waals surface area contributed by atoms with Crippen LogP contribution in [0.4, 0.5) is 0 Å². The molecule has 3 rings (SSSR count). The highest BCUT2D eigenvalue weighted by Crippen LogP contribution is 1.81. The molecule has 0 aliphatic rings. The SMILES string of the molecule is C.Cl.Cl.c1ccccc1.c1ccccc1.c1ccccc1. The van der Waals surface area contributed by atoms with Crippen molar-refractivity contribution >= 4 is 24.8 Å². The Morgan fingerprint density at radius 2 is 0.238 bits per heavy atom. The van der Waals surface area contributed by atoms with Crippen molar-refractivity contribution in [2.24, 2.45) is 0 Å². The van der Waals surface area contributed by atoms with Crippen molar-refractivity contribution in [3.8, 4) is 0 Å². The van der Waals surface area contributed by atoms with Crippen LogP contribution in [0.25, 0.3) is 0 Å². The maximum absolute atomic E-state index is 2.00. The molecule has 0 saturated carbocycles. The lowest BCUT2D eigenvalue weighted by atomic mass is 10.4. The summed E-state index contributed by atoms with van der Waals surface area (Å²) in [6, 6.07) is 36.0. The van der Waals surface area contributed by atoms with Crippen LogP contribution in [-0.4, -0.2) is 0 Å². The van der Waals surface area contributed by atoms with E-state index in [1.54, 1.807) is 0 Å². The minimum absolute atomic E-state index is 0. The molecule has 0 atom stereocenters. The predicted octanol–water partition coefficient (Wildman–Crippen LogP) is 6.54. The van der Waals surface area contributed by atoms with Gasteiger partial charge in [-0.2, -0.15) is 0 Å². The molecule has 21 heavy (non-hydrogen) atoms. The first-order valence-electron chi connectivity index (χ1n) is 6.00. The van der Waals surface area contributed by atoms with E-state index in [2.05, 4.69) is 0 Å². The van der Waals surface area contributed by atoms with Crippen molar-refractivity contribution in [3.63, 3.8) is 0 Å². The average Bonchev–Trinajstić information content (AvgIpc) is 2.54. The fourth-order valence-electron chi connectivity index (χ4n) is 1.15. The Labute approximate surface area is 141 Å². The van der Waals surface area contributed by atoms with Gasteiger partial charge in [0.1, 0.15) is 0 Å². The first-order chi connectivity index (χ1) is 9.00. The maximum Gasteiger partial charge on any atom is -0.0623 e. The van der Waals surface area contributed by atoms with Crippen molar-refractivity contribution in [2.45, 2.75) is 7.43 Å². The number of hydrogen-bond donors (Lipinski definition) is 0. The van der Waals surface area contributed by atoms with Gasteiger partial charge in [0.05, 0.1) is 0 Å². The zero-order valence-corrected chi connectivity index (χ0v) is 12.8. The Hall–Kier alpha value is -1.76. The van der Waals surface area contributed by atoms with E-state index >= 15 is 0 Å². The van der Waals surface area contributed by atoms with Gasteiger partial charge in [0.2, 0.25) is 0 Å². The summed E-state index contributed by atoms with van der Waals surface area (Å²) in [7, 11) is 0. The third-order valence-corrected chi connectivity index (χ3v) is 2.00. The minimum Gasteiger partial charge on any atom is -0.147 e. The predicted molar refractivity (Wildman–Crippen MR) is 101 cm³/mol. The Bertz CT molecular complexity index is 300. The standard InChI is InChI=1S/3C6H6.CH4.2ClH/c3*1-2-4-6-5-3-1;;;/h3*1-6H;1H4;2*1H. The summed E-state index contributed by atoms with van der Waals surface area (Å²) in [6.07, 6.45) is 0. The van der Waals surface area contributed by atoms with Gasteiger partial charge < -0.3 is 0 Å². The lowest BCUT2D eigenvalue weighted by molar-refractivity contribution is 1.72. The first kappa shape index (κ1) is 24.3. The van der Waals surface area contributed by atoms with Crippen LogP contribution in [0, 0.1) is 0 Å². The quantitative estimate of drug-likeness (QED) is 0.440. The highest BCUT2D eigenvalue weighted by molar-refractivity contribution is 5.85. The van der Waals surface area contributed by atoms with Crippen LogP contribution in [0.2, 0.25) is 0 Å². The van der Waals surface area contributed by atoms with Crippen molar-refractivity contribution in [1.82, 2.24) is 0 Å². The Morgan fingerprint density at radius 3 is 0.286 bits per heavy atom. The average molecular weight is 323 g/mol. The molecular weight excluding hydrogens is 299 g/mol. The van der Waals surface area contributed by atoms with E-state index in [0.29, 0.717) is 0 Å². The molecule has 3 aromatic carbocycles. The van der Waals surface area contributed by atoms with Crippen LogP contribution >= 0.6 is 24.8 Å². The summed E-state index contributed by atoms with van der Waals surface area (Å²) in [6.45, 7) is 0. The molecule has 0 amide bonds. The number of rotatable bonds is 0. The fraction of sp³-hybridized carbons (Fsp3) is 0.0526. The topological polar surface area (TPSA) is 0 Å². The molecule has 3 aromatic rings. The zero-order valence-electron chi connectivity index (χ0n) is 11.2. The van der Waals surface area contributed by atoms with Gasteiger partial charge in [-0.05, 0) is 0 Å². The van der Waals surface area contributed by atoms with Gasteiger partial charge in [-0.15, -0.1) is 24.8 Å². The molecule has 0 spiro atoms. The van der Waals surface area contributed by atoms with Gasteiger partial charge in [-0.1, -0.05) is 117 Å². The lowest BCUT2D eigenvalue weighted by Crippen LogP contribution is -1.47. The Kier molecular flexibility index (Phi) is 23.8. The summed E-state index contributed by atoms with van der Waals surface area (Å²) in [5.74, 6) is 0. The second-order valence-electron chi connectivity index (χ2n) is 3.46. The molecule has 0 N–H and O–H groups in total. The Morgan fingerprint density at radius 1 is 0.190 bits per heavy atom. The summed E-state index contributed by atoms with van der Waals surface area (Å²) in [5, 5.41) is 0. The maximum atomic E-state index is 2.00. The molecule has 0 nitrogen and oxygen atoms in total. The van der Waals surface area contributed by atoms with Crippen LogP contribution in [0.5, 0.6) is 0 Å². The van der Waals surface area contributed by atoms with E-state index in [4.69, 9.17) is 0 Å². The third-order valence-electron chi connectivity index (χ3n) is 2.00. The molecule has 0 saturated heterocycles. The van der Waals surface area contributed by atoms with Crippen LogP contribution in [0.3, 0.4) is 0 Å². The van der Waals surface area contributed by atoms with E-state index in [1.165, 1.54) is 0 Å². The van der Waals surface area contributed by atoms with Crippen LogP contribution < -0.4 is 0 Å². The molecule has 0 aliphatic heterocycles. The monoisotopic (exact) mass is 322 g/mol. The van der Waals surface area contributed by atoms with Crippen LogP contribution in [-0.2, 0) is 0 Å². The molecule has 0 unspecified atom stereocenters. The number of hydrogen-bond acceptors (Lipinski definition) is 0. The normalized spacial score (nSPS) is 6.86. The van der Waals surface area contributed by atoms with Gasteiger partial charge >= 0.3 is 0 Å². The highest BCUT2D eigenvalue weighted by atomic mass is 35.5. The van der Waals surface area contributed by atoms with E-state index in [9.17, 15) is 0 Å². The minimum atomic E-state index is 0. The summed E-state index contributed by atoms with van der Waals surface area (Å²) in [4.78, 5) is 0. The van der Waals surface area contributed by atoms with Crippen molar-refractivity contribution in [3.05, 3.63) is 109 Å². The second-order valence-corrected chi connectivity index (χ2v) is 3.46. The molecule has 0 fully saturated rings. The summed E-state index contributed by atoms with van der Waals surface area (Å²) in [5.41, 5.74) is 0. The van der Waals surface area contributed by atoms with Crippen molar-refractivity contribution in [1.29, 1.82) is 0 Å². The molecule has 0 bridgehead atoms. The molecular formula is C19H24Cl2. The van der Waals surface area contributed by atoms with Gasteiger partial charge in [0.25, 0.3) is 0 Å². The van der Waals surface area contributed by atoms with Crippen molar-refractivity contribution < 1.29 is 0 Å². The molecule has 0 aliphatic carbocycles. The molecule has 0 radical (unpaired) electrons. The fourth-order valence-corrected chi connectivity index (χ4v) is 1.15. The van der Waals surface area contributed by atoms with E-state index < -0.39 is 0 Å². The molecule has 0 heterocycles. The summed E-state index contributed by atoms with van der Waals surface area (Å²) >= 11 is 0. The zero-order chi connectivity index (χ0) is 12.7. The number of benzene rings is 3. The van der Waals surface area contributed by atoms with E-state index in [1.807, 2.05) is 109 Å². The third kappa shape index (κ3) is 18.2. The highest BCUT2D eigenvalue weighted by Gasteiger charge is 1.59. The van der Waals surface area contributed by atoms with E-state index in [-0.39, 0.29) is 32.2 Å². The van der Waals surface area contributed by atoms with Gasteiger partial charge in [-0.3, -0.25) is 0 Å². The largest absolute Gasteiger partial charge is 0.147 e. The van der Waals surface area contributed by atoms with Crippen molar-refractivity contribution in [2.75, 3.05) is 0 Å². The van der Waals surface area contributed by atoms with Gasteiger partial charge in [-0.25, -0.2) is 0 Å². The van der Waals surface area contributed by atoms with Gasteiger partial charge in [0, 0.05) is 0 Å². The van der Waals surface area contributed by atoms with Crippen LogP contribution in [0.1, 0.15) is 7.43 Å². The second kappa shape index (κ2) is 20.6. The molecule has 2 heteroatoms. The summed E-state index contributed by atoms with van der Waals surface area (Å²) < 4.78 is 0. The van der Waals surface area contributed by atoms with Crippen LogP contribution in [0.15, 0.2) is 109 Å².